The Hall–Kier alpha value is -1.06. The Morgan fingerprint density at radius 3 is 2.65 bits per heavy atom. The quantitative estimate of drug-likeness (QED) is 0.619. The molecular formula is C16H17BrClNO. The molecule has 1 aromatic heterocycles. The van der Waals surface area contributed by atoms with Gasteiger partial charge in [0.25, 0.3) is 0 Å². The van der Waals surface area contributed by atoms with E-state index in [1.807, 2.05) is 18.2 Å². The van der Waals surface area contributed by atoms with E-state index < -0.39 is 0 Å². The summed E-state index contributed by atoms with van der Waals surface area (Å²) in [4.78, 5) is 4.26. The minimum atomic E-state index is 0.371. The van der Waals surface area contributed by atoms with Gasteiger partial charge in [0.15, 0.2) is 0 Å². The number of hydrogen-bond donors (Lipinski definition) is 0. The Bertz CT molecular complexity index is 557. The third-order valence-electron chi connectivity index (χ3n) is 2.99. The van der Waals surface area contributed by atoms with Crippen LogP contribution in [-0.4, -0.2) is 4.98 Å². The lowest BCUT2D eigenvalue weighted by Crippen LogP contribution is -1.93. The molecule has 0 fully saturated rings. The van der Waals surface area contributed by atoms with Crippen molar-refractivity contribution >= 4 is 27.5 Å². The SMILES string of the molecule is CCCCc1ccc(Oc2ncc(Br)cc2CCl)cc1. The van der Waals surface area contributed by atoms with Crippen LogP contribution in [0.4, 0.5) is 0 Å². The number of nitrogens with zero attached hydrogens (tertiary/aromatic N) is 1. The average molecular weight is 355 g/mol. The van der Waals surface area contributed by atoms with E-state index in [-0.39, 0.29) is 0 Å². The molecule has 2 aromatic rings. The molecular weight excluding hydrogens is 338 g/mol. The van der Waals surface area contributed by atoms with Crippen LogP contribution in [0.3, 0.4) is 0 Å². The molecule has 4 heteroatoms. The molecule has 0 N–H and O–H groups in total. The molecule has 2 rings (SSSR count). The van der Waals surface area contributed by atoms with Crippen molar-refractivity contribution in [1.82, 2.24) is 4.98 Å². The molecule has 0 saturated heterocycles. The number of rotatable bonds is 6. The molecule has 0 radical (unpaired) electrons. The minimum Gasteiger partial charge on any atom is -0.439 e. The summed E-state index contributed by atoms with van der Waals surface area (Å²) in [6, 6.07) is 10.1. The van der Waals surface area contributed by atoms with Crippen molar-refractivity contribution in [3.63, 3.8) is 0 Å². The first kappa shape index (κ1) is 15.3. The average Bonchev–Trinajstić information content (AvgIpc) is 2.48. The Morgan fingerprint density at radius 2 is 2.00 bits per heavy atom. The first-order valence-electron chi connectivity index (χ1n) is 6.70. The number of pyridine rings is 1. The van der Waals surface area contributed by atoms with Gasteiger partial charge in [-0.3, -0.25) is 0 Å². The van der Waals surface area contributed by atoms with Crippen molar-refractivity contribution in [2.75, 3.05) is 0 Å². The number of aryl methyl sites for hydroxylation is 1. The predicted octanol–water partition coefficient (Wildman–Crippen LogP) is 5.72. The van der Waals surface area contributed by atoms with Crippen LogP contribution >= 0.6 is 27.5 Å². The van der Waals surface area contributed by atoms with Gasteiger partial charge in [0.1, 0.15) is 5.75 Å². The van der Waals surface area contributed by atoms with Crippen molar-refractivity contribution in [2.45, 2.75) is 32.1 Å². The van der Waals surface area contributed by atoms with Gasteiger partial charge < -0.3 is 4.74 Å². The van der Waals surface area contributed by atoms with Gasteiger partial charge in [-0.1, -0.05) is 25.5 Å². The second-order valence-electron chi connectivity index (χ2n) is 4.60. The second kappa shape index (κ2) is 7.65. The van der Waals surface area contributed by atoms with Crippen molar-refractivity contribution in [3.8, 4) is 11.6 Å². The molecule has 0 unspecified atom stereocenters. The first-order valence-corrected chi connectivity index (χ1v) is 8.03. The fraction of sp³-hybridized carbons (Fsp3) is 0.312. The number of ether oxygens (including phenoxy) is 1. The van der Waals surface area contributed by atoms with Crippen LogP contribution in [0.5, 0.6) is 11.6 Å². The summed E-state index contributed by atoms with van der Waals surface area (Å²) in [5.74, 6) is 1.71. The van der Waals surface area contributed by atoms with Crippen molar-refractivity contribution in [3.05, 3.63) is 52.1 Å². The van der Waals surface area contributed by atoms with Crippen LogP contribution in [-0.2, 0) is 12.3 Å². The molecule has 0 atom stereocenters. The van der Waals surface area contributed by atoms with E-state index in [4.69, 9.17) is 16.3 Å². The van der Waals surface area contributed by atoms with Gasteiger partial charge >= 0.3 is 0 Å². The molecule has 20 heavy (non-hydrogen) atoms. The van der Waals surface area contributed by atoms with Gasteiger partial charge in [-0.05, 0) is 52.5 Å². The molecule has 0 aliphatic carbocycles. The smallest absolute Gasteiger partial charge is 0.223 e. The van der Waals surface area contributed by atoms with Gasteiger partial charge in [-0.2, -0.15) is 0 Å². The van der Waals surface area contributed by atoms with Crippen LogP contribution in [0.15, 0.2) is 41.0 Å². The normalized spacial score (nSPS) is 10.6. The standard InChI is InChI=1S/C16H17BrClNO/c1-2-3-4-12-5-7-15(8-6-12)20-16-13(10-18)9-14(17)11-19-16/h5-9,11H,2-4,10H2,1H3. The second-order valence-corrected chi connectivity index (χ2v) is 5.78. The monoisotopic (exact) mass is 353 g/mol. The van der Waals surface area contributed by atoms with Crippen molar-refractivity contribution < 1.29 is 4.74 Å². The van der Waals surface area contributed by atoms with Crippen LogP contribution in [0, 0.1) is 0 Å². The summed E-state index contributed by atoms with van der Waals surface area (Å²) < 4.78 is 6.70. The Balaban J connectivity index is 2.10. The number of halogens is 2. The molecule has 2 nitrogen and oxygen atoms in total. The highest BCUT2D eigenvalue weighted by atomic mass is 79.9. The van der Waals surface area contributed by atoms with E-state index >= 15 is 0 Å². The zero-order valence-electron chi connectivity index (χ0n) is 11.4. The van der Waals surface area contributed by atoms with Crippen molar-refractivity contribution in [2.24, 2.45) is 0 Å². The van der Waals surface area contributed by atoms with Gasteiger partial charge in [-0.25, -0.2) is 4.98 Å². The predicted molar refractivity (Wildman–Crippen MR) is 86.6 cm³/mol. The fourth-order valence-corrected chi connectivity index (χ4v) is 2.44. The van der Waals surface area contributed by atoms with Gasteiger partial charge in [0.2, 0.25) is 5.88 Å². The van der Waals surface area contributed by atoms with Crippen molar-refractivity contribution in [1.29, 1.82) is 0 Å². The highest BCUT2D eigenvalue weighted by molar-refractivity contribution is 9.10. The highest BCUT2D eigenvalue weighted by Gasteiger charge is 2.07. The van der Waals surface area contributed by atoms with E-state index in [1.165, 1.54) is 18.4 Å². The summed E-state index contributed by atoms with van der Waals surface area (Å²) >= 11 is 9.29. The lowest BCUT2D eigenvalue weighted by molar-refractivity contribution is 0.458. The molecule has 0 saturated carbocycles. The number of alkyl halides is 1. The lowest BCUT2D eigenvalue weighted by Gasteiger charge is -2.09. The largest absolute Gasteiger partial charge is 0.439 e. The van der Waals surface area contributed by atoms with E-state index in [0.29, 0.717) is 11.8 Å². The summed E-state index contributed by atoms with van der Waals surface area (Å²) in [6.45, 7) is 2.20. The topological polar surface area (TPSA) is 22.1 Å². The maximum absolute atomic E-state index is 5.91. The van der Waals surface area contributed by atoms with Crippen LogP contribution < -0.4 is 4.74 Å². The third kappa shape index (κ3) is 4.22. The molecule has 0 spiro atoms. The number of aromatic nitrogens is 1. The lowest BCUT2D eigenvalue weighted by atomic mass is 10.1. The Morgan fingerprint density at radius 1 is 1.25 bits per heavy atom. The zero-order chi connectivity index (χ0) is 14.4. The third-order valence-corrected chi connectivity index (χ3v) is 3.71. The van der Waals surface area contributed by atoms with E-state index in [1.54, 1.807) is 6.20 Å². The van der Waals surface area contributed by atoms with Crippen LogP contribution in [0.2, 0.25) is 0 Å². The number of unbranched alkanes of at least 4 members (excludes halogenated alkanes) is 1. The molecule has 1 aromatic carbocycles. The van der Waals surface area contributed by atoms with E-state index in [2.05, 4.69) is 40.0 Å². The Kier molecular flexibility index (Phi) is 5.86. The van der Waals surface area contributed by atoms with Gasteiger partial charge in [0, 0.05) is 16.2 Å². The number of hydrogen-bond acceptors (Lipinski definition) is 2. The summed E-state index contributed by atoms with van der Waals surface area (Å²) in [7, 11) is 0. The maximum Gasteiger partial charge on any atom is 0.223 e. The highest BCUT2D eigenvalue weighted by Crippen LogP contribution is 2.27. The van der Waals surface area contributed by atoms with Crippen LogP contribution in [0.1, 0.15) is 30.9 Å². The van der Waals surface area contributed by atoms with Gasteiger partial charge in [0.05, 0.1) is 5.88 Å². The number of benzene rings is 1. The summed E-state index contributed by atoms with van der Waals surface area (Å²) in [6.07, 6.45) is 5.24. The minimum absolute atomic E-state index is 0.371. The maximum atomic E-state index is 5.91. The summed E-state index contributed by atoms with van der Waals surface area (Å²) in [5.41, 5.74) is 2.21. The molecule has 1 heterocycles. The zero-order valence-corrected chi connectivity index (χ0v) is 13.7. The molecule has 0 aliphatic heterocycles. The Labute approximate surface area is 133 Å². The summed E-state index contributed by atoms with van der Waals surface area (Å²) in [5, 5.41) is 0. The van der Waals surface area contributed by atoms with Crippen LogP contribution in [0.25, 0.3) is 0 Å². The molecule has 106 valence electrons. The molecule has 0 aliphatic rings. The molecule has 0 amide bonds. The fourth-order valence-electron chi connectivity index (χ4n) is 1.87. The van der Waals surface area contributed by atoms with Gasteiger partial charge in [-0.15, -0.1) is 11.6 Å². The first-order chi connectivity index (χ1) is 9.72. The molecule has 0 bridgehead atoms. The van der Waals surface area contributed by atoms with E-state index in [9.17, 15) is 0 Å². The van der Waals surface area contributed by atoms with E-state index in [0.717, 1.165) is 22.2 Å².